The van der Waals surface area contributed by atoms with Crippen LogP contribution in [0.5, 0.6) is 0 Å². The molecule has 0 N–H and O–H groups in total. The highest BCUT2D eigenvalue weighted by Crippen LogP contribution is 2.30. The molecular weight excluding hydrogens is 495 g/mol. The fourth-order valence-electron chi connectivity index (χ4n) is 4.81. The number of nitrogens with zero attached hydrogens (tertiary/aromatic N) is 4. The molecule has 3 aliphatic rings. The molecule has 0 bridgehead atoms. The summed E-state index contributed by atoms with van der Waals surface area (Å²) in [4.78, 5) is 56.0. The standard InChI is InChI=1S/C27H29FN4O6/c1-27(2,3)38-25(35)30-12-10-29(11-13-30)22-9-8-17(14-21(22)28)31-15-18(37-26(31)36)16-32-23(33)19-6-4-5-7-20(19)24(32)34/h4-9,14,18H,10-13,15-16H2,1-3H3/t18-/m1/s1. The van der Waals surface area contributed by atoms with E-state index in [0.29, 0.717) is 48.7 Å². The first-order valence-corrected chi connectivity index (χ1v) is 12.5. The minimum Gasteiger partial charge on any atom is -0.444 e. The van der Waals surface area contributed by atoms with Crippen LogP contribution in [0.2, 0.25) is 0 Å². The fraction of sp³-hybridized carbons (Fsp3) is 0.407. The Morgan fingerprint density at radius 1 is 1.00 bits per heavy atom. The zero-order chi connectivity index (χ0) is 27.2. The number of halogens is 1. The van der Waals surface area contributed by atoms with Crippen LogP contribution in [0.1, 0.15) is 41.5 Å². The van der Waals surface area contributed by atoms with Crippen LogP contribution in [-0.4, -0.2) is 84.8 Å². The summed E-state index contributed by atoms with van der Waals surface area (Å²) in [6, 6.07) is 11.0. The van der Waals surface area contributed by atoms with Gasteiger partial charge in [0.15, 0.2) is 0 Å². The van der Waals surface area contributed by atoms with Crippen molar-refractivity contribution in [3.8, 4) is 0 Å². The maximum absolute atomic E-state index is 15.1. The Morgan fingerprint density at radius 2 is 1.63 bits per heavy atom. The molecule has 11 heteroatoms. The van der Waals surface area contributed by atoms with E-state index in [1.54, 1.807) is 62.1 Å². The number of hydrogen-bond acceptors (Lipinski definition) is 7. The molecule has 5 rings (SSSR count). The lowest BCUT2D eigenvalue weighted by atomic mass is 10.1. The van der Waals surface area contributed by atoms with Gasteiger partial charge in [0, 0.05) is 26.2 Å². The maximum Gasteiger partial charge on any atom is 0.414 e. The van der Waals surface area contributed by atoms with Crippen molar-refractivity contribution in [1.82, 2.24) is 9.80 Å². The highest BCUT2D eigenvalue weighted by atomic mass is 19.1. The lowest BCUT2D eigenvalue weighted by Gasteiger charge is -2.37. The van der Waals surface area contributed by atoms with Crippen molar-refractivity contribution in [2.45, 2.75) is 32.5 Å². The van der Waals surface area contributed by atoms with Gasteiger partial charge in [0.2, 0.25) is 0 Å². The van der Waals surface area contributed by atoms with Gasteiger partial charge >= 0.3 is 12.2 Å². The van der Waals surface area contributed by atoms with Gasteiger partial charge in [0.25, 0.3) is 11.8 Å². The van der Waals surface area contributed by atoms with E-state index in [1.165, 1.54) is 11.0 Å². The minimum absolute atomic E-state index is 0.0690. The Balaban J connectivity index is 1.20. The molecule has 2 aromatic carbocycles. The molecule has 0 saturated carbocycles. The molecule has 0 aliphatic carbocycles. The van der Waals surface area contributed by atoms with Gasteiger partial charge < -0.3 is 19.3 Å². The summed E-state index contributed by atoms with van der Waals surface area (Å²) in [5.41, 5.74) is 0.740. The number of imide groups is 1. The van der Waals surface area contributed by atoms with E-state index in [2.05, 4.69) is 0 Å². The van der Waals surface area contributed by atoms with E-state index in [1.807, 2.05) is 4.90 Å². The van der Waals surface area contributed by atoms with Gasteiger partial charge in [-0.3, -0.25) is 19.4 Å². The van der Waals surface area contributed by atoms with Crippen LogP contribution in [0.4, 0.5) is 25.4 Å². The molecule has 1 atom stereocenters. The van der Waals surface area contributed by atoms with Gasteiger partial charge in [-0.05, 0) is 51.1 Å². The molecule has 0 spiro atoms. The molecule has 38 heavy (non-hydrogen) atoms. The second-order valence-electron chi connectivity index (χ2n) is 10.5. The Labute approximate surface area is 219 Å². The van der Waals surface area contributed by atoms with E-state index in [4.69, 9.17) is 9.47 Å². The van der Waals surface area contributed by atoms with Gasteiger partial charge in [-0.1, -0.05) is 12.1 Å². The zero-order valence-electron chi connectivity index (χ0n) is 21.5. The highest BCUT2D eigenvalue weighted by molar-refractivity contribution is 6.21. The molecule has 10 nitrogen and oxygen atoms in total. The molecular formula is C27H29FN4O6. The van der Waals surface area contributed by atoms with Gasteiger partial charge in [-0.25, -0.2) is 14.0 Å². The summed E-state index contributed by atoms with van der Waals surface area (Å²) < 4.78 is 26.0. The summed E-state index contributed by atoms with van der Waals surface area (Å²) in [5.74, 6) is -1.37. The van der Waals surface area contributed by atoms with Crippen molar-refractivity contribution >= 4 is 35.4 Å². The smallest absolute Gasteiger partial charge is 0.414 e. The van der Waals surface area contributed by atoms with Gasteiger partial charge in [0.1, 0.15) is 17.5 Å². The van der Waals surface area contributed by atoms with Crippen molar-refractivity contribution in [3.05, 3.63) is 59.4 Å². The number of hydrogen-bond donors (Lipinski definition) is 0. The lowest BCUT2D eigenvalue weighted by Crippen LogP contribution is -2.50. The van der Waals surface area contributed by atoms with Crippen LogP contribution in [0, 0.1) is 5.82 Å². The van der Waals surface area contributed by atoms with E-state index in [-0.39, 0.29) is 13.1 Å². The molecule has 0 aromatic heterocycles. The Hall–Kier alpha value is -4.15. The summed E-state index contributed by atoms with van der Waals surface area (Å²) in [6.45, 7) is 7.06. The number of piperazine rings is 1. The van der Waals surface area contributed by atoms with E-state index < -0.39 is 41.5 Å². The zero-order valence-corrected chi connectivity index (χ0v) is 21.5. The first-order chi connectivity index (χ1) is 18.0. The van der Waals surface area contributed by atoms with Crippen LogP contribution in [0.15, 0.2) is 42.5 Å². The van der Waals surface area contributed by atoms with Gasteiger partial charge in [-0.2, -0.15) is 0 Å². The van der Waals surface area contributed by atoms with Gasteiger partial charge in [0.05, 0.1) is 35.6 Å². The summed E-state index contributed by atoms with van der Waals surface area (Å²) in [6.07, 6.45) is -1.81. The monoisotopic (exact) mass is 524 g/mol. The van der Waals surface area contributed by atoms with Crippen LogP contribution in [0.25, 0.3) is 0 Å². The van der Waals surface area contributed by atoms with Crippen LogP contribution >= 0.6 is 0 Å². The largest absolute Gasteiger partial charge is 0.444 e. The highest BCUT2D eigenvalue weighted by Gasteiger charge is 2.41. The van der Waals surface area contributed by atoms with Crippen molar-refractivity contribution in [3.63, 3.8) is 0 Å². The number of benzene rings is 2. The average molecular weight is 525 g/mol. The third-order valence-electron chi connectivity index (χ3n) is 6.65. The molecule has 4 amide bonds. The van der Waals surface area contributed by atoms with Crippen molar-refractivity contribution in [2.24, 2.45) is 0 Å². The Bertz CT molecular complexity index is 1270. The Kier molecular flexibility index (Phi) is 6.46. The molecule has 3 aliphatic heterocycles. The van der Waals surface area contributed by atoms with Crippen LogP contribution < -0.4 is 9.80 Å². The first kappa shape index (κ1) is 25.5. The maximum atomic E-state index is 15.1. The van der Waals surface area contributed by atoms with Crippen molar-refractivity contribution in [1.29, 1.82) is 0 Å². The number of anilines is 2. The number of fused-ring (bicyclic) bond motifs is 1. The predicted molar refractivity (Wildman–Crippen MR) is 136 cm³/mol. The topological polar surface area (TPSA) is 99.7 Å². The molecule has 3 heterocycles. The van der Waals surface area contributed by atoms with Crippen LogP contribution in [0.3, 0.4) is 0 Å². The quantitative estimate of drug-likeness (QED) is 0.565. The normalized spacial score (nSPS) is 19.7. The Morgan fingerprint density at radius 3 is 2.21 bits per heavy atom. The summed E-state index contributed by atoms with van der Waals surface area (Å²) >= 11 is 0. The number of ether oxygens (including phenoxy) is 2. The van der Waals surface area contributed by atoms with E-state index in [0.717, 1.165) is 4.90 Å². The third-order valence-corrected chi connectivity index (χ3v) is 6.65. The predicted octanol–water partition coefficient (Wildman–Crippen LogP) is 3.50. The number of carbonyl (C=O) groups is 4. The van der Waals surface area contributed by atoms with Crippen molar-refractivity contribution < 1.29 is 33.0 Å². The molecule has 2 fully saturated rings. The lowest BCUT2D eigenvalue weighted by molar-refractivity contribution is 0.0240. The fourth-order valence-corrected chi connectivity index (χ4v) is 4.81. The first-order valence-electron chi connectivity index (χ1n) is 12.5. The second-order valence-corrected chi connectivity index (χ2v) is 10.5. The third kappa shape index (κ3) is 4.88. The van der Waals surface area contributed by atoms with E-state index >= 15 is 4.39 Å². The number of carbonyl (C=O) groups excluding carboxylic acids is 4. The summed E-state index contributed by atoms with van der Waals surface area (Å²) in [5, 5.41) is 0. The SMILES string of the molecule is CC(C)(C)OC(=O)N1CCN(c2ccc(N3C[C@H](CN4C(=O)c5ccccc5C4=O)OC3=O)cc2F)CC1. The second kappa shape index (κ2) is 9.62. The number of rotatable bonds is 4. The van der Waals surface area contributed by atoms with Gasteiger partial charge in [-0.15, -0.1) is 0 Å². The number of cyclic esters (lactones) is 1. The molecule has 2 aromatic rings. The van der Waals surface area contributed by atoms with Crippen molar-refractivity contribution in [2.75, 3.05) is 49.1 Å². The average Bonchev–Trinajstić information content (AvgIpc) is 3.36. The van der Waals surface area contributed by atoms with E-state index in [9.17, 15) is 19.2 Å². The molecule has 0 radical (unpaired) electrons. The molecule has 200 valence electrons. The molecule has 0 unspecified atom stereocenters. The van der Waals surface area contributed by atoms with Crippen LogP contribution in [-0.2, 0) is 9.47 Å². The molecule has 2 saturated heterocycles. The summed E-state index contributed by atoms with van der Waals surface area (Å²) in [7, 11) is 0. The minimum atomic E-state index is -0.742. The number of amides is 4.